The van der Waals surface area contributed by atoms with Gasteiger partial charge >= 0.3 is 5.97 Å². The summed E-state index contributed by atoms with van der Waals surface area (Å²) in [6.45, 7) is 4.45. The molecule has 0 bridgehead atoms. The van der Waals surface area contributed by atoms with Crippen molar-refractivity contribution < 1.29 is 22.5 Å². The molecule has 0 spiro atoms. The largest absolute Gasteiger partial charge is 0.465 e. The van der Waals surface area contributed by atoms with Crippen molar-refractivity contribution in [1.82, 2.24) is 24.9 Å². The van der Waals surface area contributed by atoms with Crippen LogP contribution in [0.2, 0.25) is 0 Å². The third kappa shape index (κ3) is 6.06. The number of ether oxygens (including phenoxy) is 1. The lowest BCUT2D eigenvalue weighted by atomic mass is 9.93. The van der Waals surface area contributed by atoms with Gasteiger partial charge < -0.3 is 9.26 Å². The Morgan fingerprint density at radius 1 is 1.00 bits per heavy atom. The van der Waals surface area contributed by atoms with E-state index in [4.69, 9.17) is 9.26 Å². The second-order valence-corrected chi connectivity index (χ2v) is 12.9. The Kier molecular flexibility index (Phi) is 7.91. The molecule has 1 unspecified atom stereocenters. The number of hydrogen-bond donors (Lipinski definition) is 1. The van der Waals surface area contributed by atoms with Crippen LogP contribution >= 0.6 is 0 Å². The second kappa shape index (κ2) is 11.8. The van der Waals surface area contributed by atoms with Crippen molar-refractivity contribution in [3.63, 3.8) is 0 Å². The maximum Gasteiger partial charge on any atom is 0.316 e. The lowest BCUT2D eigenvalue weighted by Crippen LogP contribution is -2.29. The molecule has 3 aromatic carbocycles. The van der Waals surface area contributed by atoms with Gasteiger partial charge in [0, 0.05) is 11.1 Å². The van der Waals surface area contributed by atoms with Crippen molar-refractivity contribution in [3.8, 4) is 22.5 Å². The van der Waals surface area contributed by atoms with Gasteiger partial charge in [-0.1, -0.05) is 89.2 Å². The highest BCUT2D eigenvalue weighted by Gasteiger charge is 2.52. The molecular weight excluding hydrogens is 578 g/mol. The van der Waals surface area contributed by atoms with E-state index >= 15 is 0 Å². The van der Waals surface area contributed by atoms with Crippen LogP contribution < -0.4 is 4.72 Å². The molecule has 226 valence electrons. The fourth-order valence-corrected chi connectivity index (χ4v) is 6.17. The highest BCUT2D eigenvalue weighted by atomic mass is 32.2. The molecule has 1 aliphatic rings. The van der Waals surface area contributed by atoms with Crippen molar-refractivity contribution >= 4 is 16.0 Å². The molecule has 0 saturated heterocycles. The number of aryl methyl sites for hydroxylation is 1. The highest BCUT2D eigenvalue weighted by molar-refractivity contribution is 7.88. The summed E-state index contributed by atoms with van der Waals surface area (Å²) in [6.07, 6.45) is 4.44. The summed E-state index contributed by atoms with van der Waals surface area (Å²) in [5, 5.41) is 12.8. The van der Waals surface area contributed by atoms with E-state index in [1.54, 1.807) is 17.8 Å². The maximum absolute atomic E-state index is 12.5. The molecule has 1 N–H and O–H groups in total. The van der Waals surface area contributed by atoms with E-state index in [1.165, 1.54) is 0 Å². The quantitative estimate of drug-likeness (QED) is 0.202. The van der Waals surface area contributed by atoms with Gasteiger partial charge in [0.25, 0.3) is 0 Å². The molecule has 6 rings (SSSR count). The van der Waals surface area contributed by atoms with Crippen molar-refractivity contribution in [1.29, 1.82) is 0 Å². The molecule has 0 amide bonds. The Bertz CT molecular complexity index is 1880. The number of esters is 1. The third-order valence-electron chi connectivity index (χ3n) is 7.90. The highest BCUT2D eigenvalue weighted by Crippen LogP contribution is 2.49. The smallest absolute Gasteiger partial charge is 0.316 e. The van der Waals surface area contributed by atoms with Gasteiger partial charge in [0.1, 0.15) is 5.69 Å². The van der Waals surface area contributed by atoms with Crippen LogP contribution in [0.4, 0.5) is 0 Å². The molecule has 1 fully saturated rings. The van der Waals surface area contributed by atoms with Gasteiger partial charge in [0.2, 0.25) is 10.0 Å². The monoisotopic (exact) mass is 611 g/mol. The molecule has 0 radical (unpaired) electrons. The van der Waals surface area contributed by atoms with Crippen molar-refractivity contribution in [2.24, 2.45) is 0 Å². The first-order valence-electron chi connectivity index (χ1n) is 14.4. The number of sulfonamides is 1. The number of carbonyl (C=O) groups is 1. The molecule has 0 aliphatic heterocycles. The summed E-state index contributed by atoms with van der Waals surface area (Å²) >= 11 is 0. The average Bonchev–Trinajstić information content (AvgIpc) is 3.56. The van der Waals surface area contributed by atoms with Crippen LogP contribution in [0, 0.1) is 6.92 Å². The molecule has 10 nitrogen and oxygen atoms in total. The van der Waals surface area contributed by atoms with Crippen LogP contribution in [-0.4, -0.2) is 47.4 Å². The normalized spacial score (nSPS) is 14.7. The van der Waals surface area contributed by atoms with Crippen LogP contribution in [-0.2, 0) is 31.5 Å². The standard InChI is InChI=1S/C33H33N5O5S/c1-4-42-32(39)33(18-19-33)27-16-14-25(15-17-27)24-10-12-26(13-11-24)31-29(22(2)35-43-31)30(36-44(3,40)41)28-21-38(37-34-28)20-23-8-6-5-7-9-23/h5-17,21,30,36H,4,18-20H2,1-3H3. The van der Waals surface area contributed by atoms with Crippen molar-refractivity contribution in [2.45, 2.75) is 44.7 Å². The molecule has 2 aromatic heterocycles. The summed E-state index contributed by atoms with van der Waals surface area (Å²) in [4.78, 5) is 12.5. The van der Waals surface area contributed by atoms with Gasteiger partial charge in [-0.3, -0.25) is 4.79 Å². The lowest BCUT2D eigenvalue weighted by molar-refractivity contribution is -0.146. The fraction of sp³-hybridized carbons (Fsp3) is 0.273. The van der Waals surface area contributed by atoms with E-state index in [1.807, 2.05) is 85.8 Å². The first-order valence-corrected chi connectivity index (χ1v) is 16.3. The third-order valence-corrected chi connectivity index (χ3v) is 8.57. The van der Waals surface area contributed by atoms with Crippen molar-refractivity contribution in [2.75, 3.05) is 12.9 Å². The van der Waals surface area contributed by atoms with E-state index in [0.29, 0.717) is 35.9 Å². The van der Waals surface area contributed by atoms with Gasteiger partial charge in [-0.05, 0) is 48.9 Å². The predicted molar refractivity (Wildman–Crippen MR) is 165 cm³/mol. The van der Waals surface area contributed by atoms with Gasteiger partial charge in [0.05, 0.1) is 42.8 Å². The summed E-state index contributed by atoms with van der Waals surface area (Å²) in [5.74, 6) is 0.283. The second-order valence-electron chi connectivity index (χ2n) is 11.1. The van der Waals surface area contributed by atoms with Crippen LogP contribution in [0.15, 0.2) is 89.6 Å². The number of hydrogen-bond acceptors (Lipinski definition) is 8. The number of nitrogens with one attached hydrogen (secondary N) is 1. The van der Waals surface area contributed by atoms with Crippen LogP contribution in [0.3, 0.4) is 0 Å². The molecule has 44 heavy (non-hydrogen) atoms. The van der Waals surface area contributed by atoms with Gasteiger partial charge in [-0.2, -0.15) is 0 Å². The number of nitrogens with zero attached hydrogens (tertiary/aromatic N) is 4. The number of benzene rings is 3. The molecule has 11 heteroatoms. The van der Waals surface area contributed by atoms with Crippen LogP contribution in [0.5, 0.6) is 0 Å². The van der Waals surface area contributed by atoms with Crippen molar-refractivity contribution in [3.05, 3.63) is 113 Å². The van der Waals surface area contributed by atoms with E-state index in [9.17, 15) is 13.2 Å². The van der Waals surface area contributed by atoms with E-state index in [2.05, 4.69) is 20.2 Å². The zero-order valence-corrected chi connectivity index (χ0v) is 25.5. The molecule has 2 heterocycles. The summed E-state index contributed by atoms with van der Waals surface area (Å²) in [6, 6.07) is 24.7. The molecule has 1 aliphatic carbocycles. The average molecular weight is 612 g/mol. The predicted octanol–water partition coefficient (Wildman–Crippen LogP) is 5.19. The molecule has 1 saturated carbocycles. The Morgan fingerprint density at radius 3 is 2.25 bits per heavy atom. The Hall–Kier alpha value is -4.61. The van der Waals surface area contributed by atoms with E-state index in [0.717, 1.165) is 46.9 Å². The Balaban J connectivity index is 1.28. The van der Waals surface area contributed by atoms with Crippen LogP contribution in [0.1, 0.15) is 53.9 Å². The first kappa shape index (κ1) is 29.5. The summed E-state index contributed by atoms with van der Waals surface area (Å²) in [7, 11) is -3.65. The lowest BCUT2D eigenvalue weighted by Gasteiger charge is -2.16. The minimum absolute atomic E-state index is 0.155. The van der Waals surface area contributed by atoms with E-state index < -0.39 is 21.5 Å². The Morgan fingerprint density at radius 2 is 1.64 bits per heavy atom. The number of rotatable bonds is 11. The summed E-state index contributed by atoms with van der Waals surface area (Å²) < 4.78 is 40.4. The minimum atomic E-state index is -3.65. The molecular formula is C33H33N5O5S. The number of carbonyl (C=O) groups excluding carboxylic acids is 1. The SMILES string of the molecule is CCOC(=O)C1(c2ccc(-c3ccc(-c4onc(C)c4C(NS(C)(=O)=O)c4cn(Cc5ccccc5)nn4)cc3)cc2)CC1. The number of aromatic nitrogens is 4. The van der Waals surface area contributed by atoms with E-state index in [-0.39, 0.29) is 5.97 Å². The Labute approximate surface area is 256 Å². The maximum atomic E-state index is 12.5. The van der Waals surface area contributed by atoms with Crippen LogP contribution in [0.25, 0.3) is 22.5 Å². The first-order chi connectivity index (χ1) is 21.2. The summed E-state index contributed by atoms with van der Waals surface area (Å²) in [5.41, 5.74) is 5.74. The molecule has 5 aromatic rings. The topological polar surface area (TPSA) is 129 Å². The van der Waals surface area contributed by atoms with Gasteiger partial charge in [-0.25, -0.2) is 17.8 Å². The van der Waals surface area contributed by atoms with Gasteiger partial charge in [-0.15, -0.1) is 5.10 Å². The molecule has 1 atom stereocenters. The zero-order valence-electron chi connectivity index (χ0n) is 24.7. The minimum Gasteiger partial charge on any atom is -0.465 e. The van der Waals surface area contributed by atoms with Gasteiger partial charge in [0.15, 0.2) is 5.76 Å². The zero-order chi connectivity index (χ0) is 30.9. The fourth-order valence-electron chi connectivity index (χ4n) is 5.50.